The minimum Gasteiger partial charge on any atom is -0.380 e. The van der Waals surface area contributed by atoms with E-state index in [4.69, 9.17) is 0 Å². The highest BCUT2D eigenvalue weighted by atomic mass is 28.3. The van der Waals surface area contributed by atoms with Crippen molar-refractivity contribution < 1.29 is 5.11 Å². The monoisotopic (exact) mass is 458 g/mol. The van der Waals surface area contributed by atoms with E-state index >= 15 is 0 Å². The molecule has 4 rings (SSSR count). The van der Waals surface area contributed by atoms with Crippen LogP contribution in [0.25, 0.3) is 0 Å². The van der Waals surface area contributed by atoms with Crippen molar-refractivity contribution in [3.05, 3.63) is 100.0 Å². The molecule has 3 heteroatoms. The first kappa shape index (κ1) is 24.7. The van der Waals surface area contributed by atoms with Crippen LogP contribution in [-0.4, -0.2) is 37.7 Å². The summed E-state index contributed by atoms with van der Waals surface area (Å²) in [6, 6.07) is 13.4. The summed E-state index contributed by atoms with van der Waals surface area (Å²) < 4.78 is 0. The Kier molecular flexibility index (Phi) is 6.72. The van der Waals surface area contributed by atoms with Gasteiger partial charge >= 0.3 is 0 Å². The number of hydrogen-bond donors (Lipinski definition) is 1. The van der Waals surface area contributed by atoms with Crippen molar-refractivity contribution in [2.45, 2.75) is 71.8 Å². The van der Waals surface area contributed by atoms with Crippen molar-refractivity contribution in [2.24, 2.45) is 0 Å². The van der Waals surface area contributed by atoms with E-state index in [2.05, 4.69) is 109 Å². The van der Waals surface area contributed by atoms with Crippen LogP contribution in [0, 0.1) is 57.9 Å². The second kappa shape index (κ2) is 8.98. The van der Waals surface area contributed by atoms with Gasteiger partial charge in [0.25, 0.3) is 0 Å². The minimum atomic E-state index is -1.62. The van der Waals surface area contributed by atoms with E-state index in [0.29, 0.717) is 6.04 Å². The van der Waals surface area contributed by atoms with Gasteiger partial charge in [-0.05, 0) is 83.6 Å². The average Bonchev–Trinajstić information content (AvgIpc) is 3.31. The fraction of sp³-hybridized carbons (Fsp3) is 0.433. The summed E-state index contributed by atoms with van der Waals surface area (Å²) in [6.45, 7) is 16.9. The van der Waals surface area contributed by atoms with Crippen molar-refractivity contribution >= 4 is 8.07 Å². The zero-order chi connectivity index (χ0) is 24.1. The van der Waals surface area contributed by atoms with Crippen LogP contribution in [-0.2, 0) is 5.60 Å². The fourth-order valence-corrected chi connectivity index (χ4v) is 7.63. The second-order valence-electron chi connectivity index (χ2n) is 11.4. The first-order valence-electron chi connectivity index (χ1n) is 12.3. The van der Waals surface area contributed by atoms with Crippen molar-refractivity contribution in [3.63, 3.8) is 0 Å². The van der Waals surface area contributed by atoms with Gasteiger partial charge in [0.2, 0.25) is 0 Å². The van der Waals surface area contributed by atoms with E-state index in [1.807, 2.05) is 0 Å². The quantitative estimate of drug-likeness (QED) is 0.534. The van der Waals surface area contributed by atoms with Crippen LogP contribution in [0.15, 0.2) is 36.4 Å². The molecule has 2 nitrogen and oxygen atoms in total. The zero-order valence-electron chi connectivity index (χ0n) is 21.7. The van der Waals surface area contributed by atoms with Crippen LogP contribution in [0.1, 0.15) is 46.2 Å². The molecule has 0 amide bonds. The Morgan fingerprint density at radius 3 is 1.70 bits per heavy atom. The van der Waals surface area contributed by atoms with Crippen LogP contribution in [0.2, 0.25) is 19.6 Å². The van der Waals surface area contributed by atoms with Crippen molar-refractivity contribution in [1.82, 2.24) is 4.90 Å². The molecule has 0 aromatic heterocycles. The molecule has 2 aliphatic rings. The van der Waals surface area contributed by atoms with Crippen molar-refractivity contribution in [2.75, 3.05) is 13.6 Å². The third kappa shape index (κ3) is 4.61. The Morgan fingerprint density at radius 1 is 0.818 bits per heavy atom. The lowest BCUT2D eigenvalue weighted by molar-refractivity contribution is 0.0970. The maximum atomic E-state index is 12.9. The van der Waals surface area contributed by atoms with Gasteiger partial charge in [0, 0.05) is 17.9 Å². The summed E-state index contributed by atoms with van der Waals surface area (Å²) in [6.07, 6.45) is 6.94. The topological polar surface area (TPSA) is 23.5 Å². The van der Waals surface area contributed by atoms with E-state index in [1.54, 1.807) is 0 Å². The molecule has 1 aliphatic carbocycles. The van der Waals surface area contributed by atoms with Gasteiger partial charge in [0.05, 0.1) is 8.07 Å². The fourth-order valence-electron chi connectivity index (χ4n) is 5.94. The first-order chi connectivity index (χ1) is 15.4. The van der Waals surface area contributed by atoms with Crippen molar-refractivity contribution in [3.8, 4) is 0 Å². The van der Waals surface area contributed by atoms with Crippen LogP contribution in [0.5, 0.6) is 0 Å². The van der Waals surface area contributed by atoms with Gasteiger partial charge in [0.1, 0.15) is 5.60 Å². The number of likely N-dealkylation sites (tertiary alicyclic amines) is 1. The van der Waals surface area contributed by atoms with Crippen LogP contribution >= 0.6 is 0 Å². The molecule has 175 valence electrons. The molecule has 2 aromatic rings. The summed E-state index contributed by atoms with van der Waals surface area (Å²) in [5.74, 6) is 2.46. The molecule has 2 aromatic carbocycles. The molecule has 1 atom stereocenters. The van der Waals surface area contributed by atoms with Crippen LogP contribution < -0.4 is 0 Å². The average molecular weight is 459 g/mol. The number of hydrogen-bond acceptors (Lipinski definition) is 2. The van der Waals surface area contributed by atoms with Gasteiger partial charge < -0.3 is 10.0 Å². The third-order valence-corrected chi connectivity index (χ3v) is 9.38. The lowest BCUT2D eigenvalue weighted by Gasteiger charge is -2.44. The predicted molar refractivity (Wildman–Crippen MR) is 142 cm³/mol. The summed E-state index contributed by atoms with van der Waals surface area (Å²) >= 11 is 0. The van der Waals surface area contributed by atoms with E-state index in [-0.39, 0.29) is 0 Å². The Hall–Kier alpha value is -1.42. The number of aliphatic hydroxyl groups is 1. The molecule has 1 heterocycles. The Balaban J connectivity index is 1.94. The Bertz CT molecular complexity index is 915. The SMILES string of the molecule is Cc1cc(C)cc(C(O)([C]2[CH][CH][C]([Si](C)(C)C)[C]2[C@H]2CCCN2C)c2cc(C)cc(C)c2)c1. The summed E-state index contributed by atoms with van der Waals surface area (Å²) in [7, 11) is 0.629. The maximum absolute atomic E-state index is 12.9. The summed E-state index contributed by atoms with van der Waals surface area (Å²) in [4.78, 5) is 2.49. The largest absolute Gasteiger partial charge is 0.380 e. The third-order valence-electron chi connectivity index (χ3n) is 7.33. The van der Waals surface area contributed by atoms with Gasteiger partial charge in [-0.25, -0.2) is 0 Å². The zero-order valence-corrected chi connectivity index (χ0v) is 22.7. The molecule has 2 fully saturated rings. The molecule has 0 bridgehead atoms. The lowest BCUT2D eigenvalue weighted by atomic mass is 9.68. The smallest absolute Gasteiger partial charge is 0.122 e. The number of rotatable bonds is 5. The van der Waals surface area contributed by atoms with Gasteiger partial charge in [0.15, 0.2) is 0 Å². The van der Waals surface area contributed by atoms with Crippen molar-refractivity contribution in [1.29, 1.82) is 0 Å². The summed E-state index contributed by atoms with van der Waals surface area (Å²) in [5, 5.41) is 12.9. The molecule has 0 unspecified atom stereocenters. The highest BCUT2D eigenvalue weighted by Gasteiger charge is 2.57. The molecule has 1 N–H and O–H groups in total. The standard InChI is InChI=1S/C30H40NOSi/c1-20-14-21(2)17-24(16-20)30(32,25-18-22(3)15-23(4)19-25)26-11-12-28(33(6,7)8)29(26)27-10-9-13-31(27)5/h11-12,14-19,27,32H,9-10,13H2,1-8H3/t27-/m1/s1. The molecule has 0 spiro atoms. The first-order valence-corrected chi connectivity index (χ1v) is 15.8. The van der Waals surface area contributed by atoms with Crippen LogP contribution in [0.4, 0.5) is 0 Å². The molecule has 5 radical (unpaired) electrons. The molecular formula is C30H40NOSi. The highest BCUT2D eigenvalue weighted by Crippen LogP contribution is 2.58. The molecular weight excluding hydrogens is 418 g/mol. The molecule has 33 heavy (non-hydrogen) atoms. The van der Waals surface area contributed by atoms with Gasteiger partial charge in [-0.1, -0.05) is 78.3 Å². The van der Waals surface area contributed by atoms with E-state index in [9.17, 15) is 5.11 Å². The van der Waals surface area contributed by atoms with Gasteiger partial charge in [-0.3, -0.25) is 0 Å². The van der Waals surface area contributed by atoms with E-state index in [0.717, 1.165) is 30.0 Å². The second-order valence-corrected chi connectivity index (χ2v) is 16.5. The normalized spacial score (nSPS) is 21.9. The predicted octanol–water partition coefficient (Wildman–Crippen LogP) is 6.27. The van der Waals surface area contributed by atoms with Crippen LogP contribution in [0.3, 0.4) is 0 Å². The molecule has 1 saturated heterocycles. The molecule has 1 saturated carbocycles. The van der Waals surface area contributed by atoms with Gasteiger partial charge in [-0.2, -0.15) is 0 Å². The Morgan fingerprint density at radius 2 is 1.30 bits per heavy atom. The maximum Gasteiger partial charge on any atom is 0.122 e. The summed E-state index contributed by atoms with van der Waals surface area (Å²) in [5.41, 5.74) is 6.98. The lowest BCUT2D eigenvalue weighted by Crippen LogP contribution is -2.47. The Labute approximate surface area is 203 Å². The highest BCUT2D eigenvalue weighted by molar-refractivity contribution is 6.82. The number of aryl methyl sites for hydroxylation is 4. The number of nitrogens with zero attached hydrogens (tertiary/aromatic N) is 1. The van der Waals surface area contributed by atoms with Gasteiger partial charge in [-0.15, -0.1) is 0 Å². The van der Waals surface area contributed by atoms with E-state index < -0.39 is 13.7 Å². The minimum absolute atomic E-state index is 0.361. The van der Waals surface area contributed by atoms with E-state index in [1.165, 1.54) is 40.1 Å². The molecule has 1 aliphatic heterocycles. The number of benzene rings is 2.